The van der Waals surface area contributed by atoms with E-state index in [9.17, 15) is 0 Å². The highest BCUT2D eigenvalue weighted by Crippen LogP contribution is 2.41. The number of hydrogen-bond acceptors (Lipinski definition) is 3. The maximum Gasteiger partial charge on any atom is 0.131 e. The lowest BCUT2D eigenvalue weighted by Crippen LogP contribution is -2.22. The standard InChI is InChI=1S/C17H29N3/c1-5-10-18-12-15-11-13(2)19-16(20-15)14-6-8-17(3,4)9-7-14/h11,14,18H,5-10,12H2,1-4H3. The van der Waals surface area contributed by atoms with Crippen molar-refractivity contribution in [1.29, 1.82) is 0 Å². The SMILES string of the molecule is CCCNCc1cc(C)nc(C2CCC(C)(C)CC2)n1. The topological polar surface area (TPSA) is 37.8 Å². The molecule has 0 spiro atoms. The molecule has 3 heteroatoms. The predicted octanol–water partition coefficient (Wildman–Crippen LogP) is 3.97. The Kier molecular flexibility index (Phi) is 5.14. The molecule has 1 aromatic rings. The van der Waals surface area contributed by atoms with E-state index in [1.165, 1.54) is 25.7 Å². The van der Waals surface area contributed by atoms with Crippen LogP contribution in [-0.4, -0.2) is 16.5 Å². The highest BCUT2D eigenvalue weighted by molar-refractivity contribution is 5.13. The van der Waals surface area contributed by atoms with E-state index in [1.807, 2.05) is 0 Å². The van der Waals surface area contributed by atoms with Crippen LogP contribution < -0.4 is 5.32 Å². The van der Waals surface area contributed by atoms with E-state index in [0.29, 0.717) is 11.3 Å². The second-order valence-electron chi connectivity index (χ2n) is 6.97. The molecule has 0 radical (unpaired) electrons. The molecule has 1 heterocycles. The minimum atomic E-state index is 0.506. The largest absolute Gasteiger partial charge is 0.311 e. The Morgan fingerprint density at radius 1 is 1.25 bits per heavy atom. The lowest BCUT2D eigenvalue weighted by Gasteiger charge is -2.33. The van der Waals surface area contributed by atoms with Gasteiger partial charge in [-0.05, 0) is 57.1 Å². The average molecular weight is 275 g/mol. The number of rotatable bonds is 5. The Bertz CT molecular complexity index is 430. The molecule has 1 N–H and O–H groups in total. The van der Waals surface area contributed by atoms with Crippen molar-refractivity contribution in [2.45, 2.75) is 72.3 Å². The van der Waals surface area contributed by atoms with Crippen molar-refractivity contribution in [3.63, 3.8) is 0 Å². The van der Waals surface area contributed by atoms with Crippen molar-refractivity contribution in [3.8, 4) is 0 Å². The summed E-state index contributed by atoms with van der Waals surface area (Å²) in [5, 5.41) is 3.43. The zero-order valence-electron chi connectivity index (χ0n) is 13.5. The molecular formula is C17H29N3. The second kappa shape index (κ2) is 6.66. The van der Waals surface area contributed by atoms with Gasteiger partial charge in [0.1, 0.15) is 5.82 Å². The first kappa shape index (κ1) is 15.4. The summed E-state index contributed by atoms with van der Waals surface area (Å²) < 4.78 is 0. The number of nitrogens with one attached hydrogen (secondary N) is 1. The van der Waals surface area contributed by atoms with Crippen LogP contribution in [0.3, 0.4) is 0 Å². The lowest BCUT2D eigenvalue weighted by atomic mass is 9.73. The Labute approximate surface area is 123 Å². The van der Waals surface area contributed by atoms with Gasteiger partial charge in [0.05, 0.1) is 5.69 Å². The van der Waals surface area contributed by atoms with Crippen molar-refractivity contribution in [1.82, 2.24) is 15.3 Å². The van der Waals surface area contributed by atoms with Gasteiger partial charge in [0.2, 0.25) is 0 Å². The van der Waals surface area contributed by atoms with Gasteiger partial charge in [-0.2, -0.15) is 0 Å². The molecule has 0 aromatic carbocycles. The zero-order chi connectivity index (χ0) is 14.6. The first-order valence-electron chi connectivity index (χ1n) is 8.05. The van der Waals surface area contributed by atoms with Gasteiger partial charge in [0.15, 0.2) is 0 Å². The summed E-state index contributed by atoms with van der Waals surface area (Å²) >= 11 is 0. The fraction of sp³-hybridized carbons (Fsp3) is 0.765. The molecule has 1 saturated carbocycles. The van der Waals surface area contributed by atoms with E-state index < -0.39 is 0 Å². The number of hydrogen-bond donors (Lipinski definition) is 1. The van der Waals surface area contributed by atoms with Crippen molar-refractivity contribution >= 4 is 0 Å². The number of aryl methyl sites for hydroxylation is 1. The molecule has 0 unspecified atom stereocenters. The van der Waals surface area contributed by atoms with Crippen LogP contribution in [0.1, 0.15) is 76.0 Å². The molecular weight excluding hydrogens is 246 g/mol. The van der Waals surface area contributed by atoms with E-state index in [-0.39, 0.29) is 0 Å². The third-order valence-corrected chi connectivity index (χ3v) is 4.36. The molecule has 0 bridgehead atoms. The van der Waals surface area contributed by atoms with Crippen molar-refractivity contribution in [2.24, 2.45) is 5.41 Å². The van der Waals surface area contributed by atoms with Crippen molar-refractivity contribution in [2.75, 3.05) is 6.54 Å². The Hall–Kier alpha value is -0.960. The van der Waals surface area contributed by atoms with Crippen LogP contribution in [0.15, 0.2) is 6.07 Å². The van der Waals surface area contributed by atoms with Gasteiger partial charge >= 0.3 is 0 Å². The Morgan fingerprint density at radius 2 is 1.95 bits per heavy atom. The number of aromatic nitrogens is 2. The van der Waals surface area contributed by atoms with Crippen LogP contribution in [0.5, 0.6) is 0 Å². The highest BCUT2D eigenvalue weighted by atomic mass is 14.9. The third kappa shape index (κ3) is 4.27. The van der Waals surface area contributed by atoms with Crippen molar-refractivity contribution < 1.29 is 0 Å². The molecule has 112 valence electrons. The van der Waals surface area contributed by atoms with Crippen LogP contribution >= 0.6 is 0 Å². The predicted molar refractivity (Wildman–Crippen MR) is 83.8 cm³/mol. The van der Waals surface area contributed by atoms with Gasteiger partial charge in [-0.25, -0.2) is 9.97 Å². The summed E-state index contributed by atoms with van der Waals surface area (Å²) in [4.78, 5) is 9.50. The third-order valence-electron chi connectivity index (χ3n) is 4.36. The van der Waals surface area contributed by atoms with Crippen LogP contribution in [0.4, 0.5) is 0 Å². The molecule has 0 saturated heterocycles. The van der Waals surface area contributed by atoms with Crippen LogP contribution in [-0.2, 0) is 6.54 Å². The minimum absolute atomic E-state index is 0.506. The highest BCUT2D eigenvalue weighted by Gasteiger charge is 2.29. The Morgan fingerprint density at radius 3 is 2.60 bits per heavy atom. The van der Waals surface area contributed by atoms with Crippen LogP contribution in [0.2, 0.25) is 0 Å². The van der Waals surface area contributed by atoms with Crippen LogP contribution in [0.25, 0.3) is 0 Å². The molecule has 1 aliphatic carbocycles. The summed E-state index contributed by atoms with van der Waals surface area (Å²) in [5.41, 5.74) is 2.75. The maximum atomic E-state index is 4.80. The monoisotopic (exact) mass is 275 g/mol. The van der Waals surface area contributed by atoms with Gasteiger partial charge in [0.25, 0.3) is 0 Å². The zero-order valence-corrected chi connectivity index (χ0v) is 13.5. The van der Waals surface area contributed by atoms with Gasteiger partial charge in [-0.3, -0.25) is 0 Å². The Balaban J connectivity index is 2.04. The molecule has 3 nitrogen and oxygen atoms in total. The molecule has 20 heavy (non-hydrogen) atoms. The van der Waals surface area contributed by atoms with Gasteiger partial charge in [-0.15, -0.1) is 0 Å². The maximum absolute atomic E-state index is 4.80. The average Bonchev–Trinajstić information content (AvgIpc) is 2.38. The molecule has 2 rings (SSSR count). The van der Waals surface area contributed by atoms with Gasteiger partial charge < -0.3 is 5.32 Å². The summed E-state index contributed by atoms with van der Waals surface area (Å²) in [6.45, 7) is 10.9. The normalized spacial score (nSPS) is 19.2. The minimum Gasteiger partial charge on any atom is -0.311 e. The fourth-order valence-electron chi connectivity index (χ4n) is 2.98. The fourth-order valence-corrected chi connectivity index (χ4v) is 2.98. The molecule has 1 aliphatic rings. The van der Waals surface area contributed by atoms with Crippen LogP contribution in [0, 0.1) is 12.3 Å². The first-order valence-corrected chi connectivity index (χ1v) is 8.05. The smallest absolute Gasteiger partial charge is 0.131 e. The van der Waals surface area contributed by atoms with Gasteiger partial charge in [0, 0.05) is 18.2 Å². The number of nitrogens with zero attached hydrogens (tertiary/aromatic N) is 2. The summed E-state index contributed by atoms with van der Waals surface area (Å²) in [5.74, 6) is 1.64. The van der Waals surface area contributed by atoms with E-state index in [2.05, 4.69) is 39.1 Å². The quantitative estimate of drug-likeness (QED) is 0.826. The second-order valence-corrected chi connectivity index (χ2v) is 6.97. The molecule has 0 amide bonds. The van der Waals surface area contributed by atoms with Crippen molar-refractivity contribution in [3.05, 3.63) is 23.3 Å². The van der Waals surface area contributed by atoms with E-state index >= 15 is 0 Å². The molecule has 0 atom stereocenters. The summed E-state index contributed by atoms with van der Waals surface area (Å²) in [6.07, 6.45) is 6.21. The molecule has 0 aliphatic heterocycles. The summed E-state index contributed by atoms with van der Waals surface area (Å²) in [6, 6.07) is 2.11. The van der Waals surface area contributed by atoms with E-state index in [1.54, 1.807) is 0 Å². The first-order chi connectivity index (χ1) is 9.50. The summed E-state index contributed by atoms with van der Waals surface area (Å²) in [7, 11) is 0. The molecule has 1 aromatic heterocycles. The van der Waals surface area contributed by atoms with E-state index in [4.69, 9.17) is 9.97 Å². The lowest BCUT2D eigenvalue weighted by molar-refractivity contribution is 0.220. The molecule has 1 fully saturated rings. The van der Waals surface area contributed by atoms with Gasteiger partial charge in [-0.1, -0.05) is 20.8 Å². The van der Waals surface area contributed by atoms with E-state index in [0.717, 1.165) is 36.7 Å².